The Balaban J connectivity index is 2.52. The van der Waals surface area contributed by atoms with E-state index in [1.807, 2.05) is 0 Å². The quantitative estimate of drug-likeness (QED) is 0.437. The highest BCUT2D eigenvalue weighted by molar-refractivity contribution is 5.99. The third-order valence-corrected chi connectivity index (χ3v) is 2.35. The Morgan fingerprint density at radius 1 is 1.56 bits per heavy atom. The molecule has 1 aromatic rings. The Labute approximate surface area is 107 Å². The molecule has 0 unspecified atom stereocenters. The van der Waals surface area contributed by atoms with Gasteiger partial charge in [0.1, 0.15) is 5.75 Å². The lowest BCUT2D eigenvalue weighted by molar-refractivity contribution is 0.0951. The molecule has 0 saturated carbocycles. The second-order valence-corrected chi connectivity index (χ2v) is 3.60. The average molecular weight is 250 g/mol. The molecule has 3 N–H and O–H groups in total. The van der Waals surface area contributed by atoms with Crippen molar-refractivity contribution in [2.24, 2.45) is 0 Å². The van der Waals surface area contributed by atoms with E-state index in [0.717, 1.165) is 0 Å². The van der Waals surface area contributed by atoms with Crippen LogP contribution in [0.25, 0.3) is 0 Å². The van der Waals surface area contributed by atoms with Gasteiger partial charge in [-0.25, -0.2) is 0 Å². The van der Waals surface area contributed by atoms with Crippen LogP contribution in [0, 0.1) is 0 Å². The predicted molar refractivity (Wildman–Crippen MR) is 70.5 cm³/mol. The van der Waals surface area contributed by atoms with Gasteiger partial charge in [0, 0.05) is 12.2 Å². The van der Waals surface area contributed by atoms with Crippen LogP contribution in [0.4, 0.5) is 5.69 Å². The molecule has 0 heterocycles. The number of nitrogens with two attached hydrogens (primary N) is 1. The zero-order valence-electron chi connectivity index (χ0n) is 10.4. The molecule has 0 aromatic heterocycles. The molecule has 0 radical (unpaired) electrons. The van der Waals surface area contributed by atoms with Crippen LogP contribution in [-0.2, 0) is 4.74 Å². The van der Waals surface area contributed by atoms with Gasteiger partial charge in [-0.15, -0.1) is 0 Å². The molecule has 0 fully saturated rings. The van der Waals surface area contributed by atoms with Crippen molar-refractivity contribution in [1.82, 2.24) is 5.32 Å². The molecule has 1 aromatic carbocycles. The van der Waals surface area contributed by atoms with E-state index < -0.39 is 0 Å². The highest BCUT2D eigenvalue weighted by Gasteiger charge is 2.10. The molecule has 0 atom stereocenters. The smallest absolute Gasteiger partial charge is 0.253 e. The Bertz CT molecular complexity index is 419. The highest BCUT2D eigenvalue weighted by Crippen LogP contribution is 2.19. The molecule has 0 aliphatic rings. The number of nitrogen functional groups attached to an aromatic ring is 1. The molecule has 5 heteroatoms. The molecule has 0 aliphatic carbocycles. The first-order valence-corrected chi connectivity index (χ1v) is 5.63. The summed E-state index contributed by atoms with van der Waals surface area (Å²) in [5.41, 5.74) is 6.58. The van der Waals surface area contributed by atoms with Gasteiger partial charge < -0.3 is 20.5 Å². The van der Waals surface area contributed by atoms with E-state index in [-0.39, 0.29) is 5.91 Å². The van der Waals surface area contributed by atoms with Crippen molar-refractivity contribution in [3.05, 3.63) is 36.6 Å². The minimum absolute atomic E-state index is 0.218. The standard InChI is InChI=1S/C13H18N2O3/c1-3-18-8-4-7-15-13(16)11-9-10(17-2)5-6-12(11)14/h3,5-6,9H,1,4,7-8,14H2,2H3,(H,15,16). The van der Waals surface area contributed by atoms with Crippen molar-refractivity contribution in [2.75, 3.05) is 26.0 Å². The van der Waals surface area contributed by atoms with E-state index in [1.165, 1.54) is 6.26 Å². The molecule has 5 nitrogen and oxygen atoms in total. The summed E-state index contributed by atoms with van der Waals surface area (Å²) in [5.74, 6) is 0.384. The second kappa shape index (κ2) is 7.21. The summed E-state index contributed by atoms with van der Waals surface area (Å²) in [7, 11) is 1.54. The first-order valence-electron chi connectivity index (χ1n) is 5.63. The molecule has 18 heavy (non-hydrogen) atoms. The molecule has 1 rings (SSSR count). The van der Waals surface area contributed by atoms with Crippen molar-refractivity contribution in [3.8, 4) is 5.75 Å². The number of amides is 1. The Hall–Kier alpha value is -2.17. The number of methoxy groups -OCH3 is 1. The maximum atomic E-state index is 11.9. The molecular weight excluding hydrogens is 232 g/mol. The maximum absolute atomic E-state index is 11.9. The monoisotopic (exact) mass is 250 g/mol. The van der Waals surface area contributed by atoms with Crippen molar-refractivity contribution in [1.29, 1.82) is 0 Å². The fourth-order valence-corrected chi connectivity index (χ4v) is 1.39. The van der Waals surface area contributed by atoms with E-state index >= 15 is 0 Å². The number of anilines is 1. The topological polar surface area (TPSA) is 73.6 Å². The summed E-state index contributed by atoms with van der Waals surface area (Å²) in [6.45, 7) is 4.47. The van der Waals surface area contributed by atoms with Gasteiger partial charge in [0.15, 0.2) is 0 Å². The number of benzene rings is 1. The van der Waals surface area contributed by atoms with Gasteiger partial charge in [0.05, 0.1) is 25.5 Å². The second-order valence-electron chi connectivity index (χ2n) is 3.60. The third kappa shape index (κ3) is 4.01. The van der Waals surface area contributed by atoms with Crippen LogP contribution in [0.3, 0.4) is 0 Å². The number of hydrogen-bond donors (Lipinski definition) is 2. The Morgan fingerprint density at radius 2 is 2.33 bits per heavy atom. The van der Waals surface area contributed by atoms with E-state index in [4.69, 9.17) is 15.2 Å². The lowest BCUT2D eigenvalue weighted by Gasteiger charge is -2.09. The summed E-state index contributed by atoms with van der Waals surface area (Å²) < 4.78 is 10.0. The van der Waals surface area contributed by atoms with Gasteiger partial charge in [-0.2, -0.15) is 0 Å². The van der Waals surface area contributed by atoms with Crippen molar-refractivity contribution < 1.29 is 14.3 Å². The summed E-state index contributed by atoms with van der Waals surface area (Å²) >= 11 is 0. The highest BCUT2D eigenvalue weighted by atomic mass is 16.5. The summed E-state index contributed by atoms with van der Waals surface area (Å²) in [6.07, 6.45) is 2.09. The van der Waals surface area contributed by atoms with Crippen molar-refractivity contribution >= 4 is 11.6 Å². The number of hydrogen-bond acceptors (Lipinski definition) is 4. The van der Waals surface area contributed by atoms with Gasteiger partial charge in [-0.05, 0) is 24.6 Å². The fourth-order valence-electron chi connectivity index (χ4n) is 1.39. The Morgan fingerprint density at radius 3 is 3.00 bits per heavy atom. The van der Waals surface area contributed by atoms with Crippen LogP contribution in [0.15, 0.2) is 31.0 Å². The first kappa shape index (κ1) is 13.9. The third-order valence-electron chi connectivity index (χ3n) is 2.35. The van der Waals surface area contributed by atoms with E-state index in [9.17, 15) is 4.79 Å². The largest absolute Gasteiger partial charge is 0.502 e. The predicted octanol–water partition coefficient (Wildman–Crippen LogP) is 1.56. The fraction of sp³-hybridized carbons (Fsp3) is 0.308. The van der Waals surface area contributed by atoms with Gasteiger partial charge in [-0.1, -0.05) is 6.58 Å². The number of nitrogens with one attached hydrogen (secondary N) is 1. The van der Waals surface area contributed by atoms with Crippen LogP contribution >= 0.6 is 0 Å². The Kier molecular flexibility index (Phi) is 5.57. The minimum atomic E-state index is -0.218. The molecule has 0 aliphatic heterocycles. The molecule has 1 amide bonds. The molecular formula is C13H18N2O3. The van der Waals surface area contributed by atoms with Crippen LogP contribution in [-0.4, -0.2) is 26.2 Å². The van der Waals surface area contributed by atoms with Crippen LogP contribution < -0.4 is 15.8 Å². The van der Waals surface area contributed by atoms with Crippen LogP contribution in [0.2, 0.25) is 0 Å². The zero-order chi connectivity index (χ0) is 13.4. The normalized spacial score (nSPS) is 9.61. The lowest BCUT2D eigenvalue weighted by Crippen LogP contribution is -2.26. The molecule has 0 spiro atoms. The molecule has 0 saturated heterocycles. The summed E-state index contributed by atoms with van der Waals surface area (Å²) in [4.78, 5) is 11.9. The first-order chi connectivity index (χ1) is 8.69. The average Bonchev–Trinajstić information content (AvgIpc) is 2.39. The number of carbonyl (C=O) groups is 1. The molecule has 98 valence electrons. The van der Waals surface area contributed by atoms with E-state index in [0.29, 0.717) is 36.6 Å². The lowest BCUT2D eigenvalue weighted by atomic mass is 10.1. The van der Waals surface area contributed by atoms with Crippen molar-refractivity contribution in [2.45, 2.75) is 6.42 Å². The van der Waals surface area contributed by atoms with Crippen LogP contribution in [0.5, 0.6) is 5.75 Å². The number of rotatable bonds is 7. The molecule has 0 bridgehead atoms. The van der Waals surface area contributed by atoms with Crippen LogP contribution in [0.1, 0.15) is 16.8 Å². The van der Waals surface area contributed by atoms with Gasteiger partial charge in [0.25, 0.3) is 5.91 Å². The number of carbonyl (C=O) groups excluding carboxylic acids is 1. The summed E-state index contributed by atoms with van der Waals surface area (Å²) in [6, 6.07) is 4.98. The van der Waals surface area contributed by atoms with Gasteiger partial charge in [0.2, 0.25) is 0 Å². The van der Waals surface area contributed by atoms with E-state index in [1.54, 1.807) is 25.3 Å². The minimum Gasteiger partial charge on any atom is -0.502 e. The van der Waals surface area contributed by atoms with Gasteiger partial charge >= 0.3 is 0 Å². The van der Waals surface area contributed by atoms with Gasteiger partial charge in [-0.3, -0.25) is 4.79 Å². The van der Waals surface area contributed by atoms with E-state index in [2.05, 4.69) is 11.9 Å². The SMILES string of the molecule is C=COCCCNC(=O)c1cc(OC)ccc1N. The van der Waals surface area contributed by atoms with Crippen molar-refractivity contribution in [3.63, 3.8) is 0 Å². The maximum Gasteiger partial charge on any atom is 0.253 e. The summed E-state index contributed by atoms with van der Waals surface area (Å²) in [5, 5.41) is 2.76. The number of ether oxygens (including phenoxy) is 2. The zero-order valence-corrected chi connectivity index (χ0v) is 10.4.